The van der Waals surface area contributed by atoms with Crippen LogP contribution in [0, 0.1) is 12.7 Å². The van der Waals surface area contributed by atoms with Crippen LogP contribution in [0.15, 0.2) is 77.9 Å². The normalized spacial score (nSPS) is 17.9. The summed E-state index contributed by atoms with van der Waals surface area (Å²) in [4.78, 5) is 14.3. The summed E-state index contributed by atoms with van der Waals surface area (Å²) in [5.41, 5.74) is 5.06. The minimum absolute atomic E-state index is 0.0790. The van der Waals surface area contributed by atoms with Crippen LogP contribution in [0.25, 0.3) is 28.1 Å². The Kier molecular flexibility index (Phi) is 7.74. The van der Waals surface area contributed by atoms with Gasteiger partial charge in [0.25, 0.3) is 0 Å². The molecule has 0 spiro atoms. The Morgan fingerprint density at radius 1 is 0.953 bits per heavy atom. The summed E-state index contributed by atoms with van der Waals surface area (Å²) in [7, 11) is 1.73. The second kappa shape index (κ2) is 11.6. The molecule has 1 saturated carbocycles. The Hall–Kier alpha value is -4.51. The van der Waals surface area contributed by atoms with E-state index in [1.54, 1.807) is 19.4 Å². The molecule has 0 amide bonds. The SMILES string of the molecule is COC1CCC(N=c2cc3n(-c4ccc(OC(F)(F)F)cc4)c4ccc(F)cc4nc-3cc2Nc2ccc(C)nc2)CC1. The van der Waals surface area contributed by atoms with Crippen LogP contribution in [0.5, 0.6) is 5.75 Å². The minimum atomic E-state index is -4.81. The molecule has 222 valence electrons. The lowest BCUT2D eigenvalue weighted by Crippen LogP contribution is -2.25. The number of methoxy groups -OCH3 is 1. The summed E-state index contributed by atoms with van der Waals surface area (Å²) in [6, 6.07) is 17.5. The van der Waals surface area contributed by atoms with E-state index in [0.717, 1.165) is 37.1 Å². The zero-order chi connectivity index (χ0) is 30.1. The lowest BCUT2D eigenvalue weighted by Gasteiger charge is -2.25. The zero-order valence-electron chi connectivity index (χ0n) is 23.5. The highest BCUT2D eigenvalue weighted by molar-refractivity contribution is 5.84. The van der Waals surface area contributed by atoms with E-state index < -0.39 is 12.2 Å². The summed E-state index contributed by atoms with van der Waals surface area (Å²) >= 11 is 0. The molecule has 0 radical (unpaired) electrons. The number of hydrogen-bond donors (Lipinski definition) is 1. The van der Waals surface area contributed by atoms with Crippen molar-refractivity contribution in [3.8, 4) is 22.8 Å². The first-order valence-corrected chi connectivity index (χ1v) is 13.9. The van der Waals surface area contributed by atoms with Crippen LogP contribution in [0.1, 0.15) is 31.4 Å². The Balaban J connectivity index is 1.54. The van der Waals surface area contributed by atoms with Crippen molar-refractivity contribution in [3.05, 3.63) is 89.8 Å². The maximum absolute atomic E-state index is 14.3. The van der Waals surface area contributed by atoms with E-state index in [2.05, 4.69) is 15.0 Å². The summed E-state index contributed by atoms with van der Waals surface area (Å²) in [6.07, 6.45) is 0.718. The van der Waals surface area contributed by atoms with Crippen LogP contribution in [0.3, 0.4) is 0 Å². The predicted molar refractivity (Wildman–Crippen MR) is 155 cm³/mol. The van der Waals surface area contributed by atoms with E-state index in [-0.39, 0.29) is 17.9 Å². The molecule has 1 N–H and O–H groups in total. The van der Waals surface area contributed by atoms with Crippen molar-refractivity contribution >= 4 is 22.4 Å². The second-order valence-electron chi connectivity index (χ2n) is 10.6. The zero-order valence-corrected chi connectivity index (χ0v) is 23.5. The quantitative estimate of drug-likeness (QED) is 0.164. The van der Waals surface area contributed by atoms with Gasteiger partial charge in [-0.2, -0.15) is 0 Å². The van der Waals surface area contributed by atoms with Crippen molar-refractivity contribution < 1.29 is 27.0 Å². The number of aromatic nitrogens is 3. The third-order valence-corrected chi connectivity index (χ3v) is 7.57. The van der Waals surface area contributed by atoms with Crippen LogP contribution in [-0.4, -0.2) is 40.2 Å². The molecular weight excluding hydrogens is 562 g/mol. The lowest BCUT2D eigenvalue weighted by molar-refractivity contribution is -0.274. The number of nitrogens with one attached hydrogen (secondary N) is 1. The monoisotopic (exact) mass is 591 g/mol. The van der Waals surface area contributed by atoms with Crippen molar-refractivity contribution in [2.45, 2.75) is 51.1 Å². The summed E-state index contributed by atoms with van der Waals surface area (Å²) in [5.74, 6) is -0.798. The molecule has 0 bridgehead atoms. The van der Waals surface area contributed by atoms with Gasteiger partial charge in [0.1, 0.15) is 11.6 Å². The van der Waals surface area contributed by atoms with Gasteiger partial charge in [0, 0.05) is 24.6 Å². The third-order valence-electron chi connectivity index (χ3n) is 7.57. The molecule has 1 fully saturated rings. The first-order valence-electron chi connectivity index (χ1n) is 13.9. The van der Waals surface area contributed by atoms with Crippen molar-refractivity contribution in [2.24, 2.45) is 4.99 Å². The number of benzene rings is 3. The molecule has 0 saturated heterocycles. The number of alkyl halides is 3. The molecule has 1 aromatic heterocycles. The molecular formula is C32H29F4N5O2. The number of pyridine rings is 1. The average Bonchev–Trinajstić information content (AvgIpc) is 2.97. The fourth-order valence-electron chi connectivity index (χ4n) is 5.46. The van der Waals surface area contributed by atoms with Crippen molar-refractivity contribution in [1.29, 1.82) is 0 Å². The van der Waals surface area contributed by atoms with Crippen LogP contribution < -0.4 is 15.4 Å². The molecule has 2 heterocycles. The summed E-state index contributed by atoms with van der Waals surface area (Å²) < 4.78 is 64.2. The van der Waals surface area contributed by atoms with Gasteiger partial charge in [-0.15, -0.1) is 13.2 Å². The number of hydrogen-bond acceptors (Lipinski definition) is 6. The van der Waals surface area contributed by atoms with E-state index in [1.807, 2.05) is 35.8 Å². The molecule has 1 aliphatic heterocycles. The van der Waals surface area contributed by atoms with E-state index in [0.29, 0.717) is 39.2 Å². The highest BCUT2D eigenvalue weighted by Gasteiger charge is 2.31. The van der Waals surface area contributed by atoms with Gasteiger partial charge in [0.05, 0.1) is 57.5 Å². The predicted octanol–water partition coefficient (Wildman–Crippen LogP) is 7.47. The Morgan fingerprint density at radius 2 is 1.72 bits per heavy atom. The van der Waals surface area contributed by atoms with E-state index in [4.69, 9.17) is 14.7 Å². The molecule has 2 aliphatic carbocycles. The number of anilines is 2. The summed E-state index contributed by atoms with van der Waals surface area (Å²) in [5, 5.41) is 4.12. The number of nitrogens with zero attached hydrogens (tertiary/aromatic N) is 4. The number of aryl methyl sites for hydroxylation is 1. The number of halogens is 4. The molecule has 0 unspecified atom stereocenters. The molecule has 11 heteroatoms. The lowest BCUT2D eigenvalue weighted by atomic mass is 9.93. The summed E-state index contributed by atoms with van der Waals surface area (Å²) in [6.45, 7) is 1.91. The van der Waals surface area contributed by atoms with Crippen LogP contribution >= 0.6 is 0 Å². The minimum Gasteiger partial charge on any atom is -0.406 e. The van der Waals surface area contributed by atoms with E-state index in [9.17, 15) is 17.6 Å². The van der Waals surface area contributed by atoms with Gasteiger partial charge in [0.2, 0.25) is 0 Å². The Bertz CT molecular complexity index is 1780. The second-order valence-corrected chi connectivity index (χ2v) is 10.6. The van der Waals surface area contributed by atoms with Gasteiger partial charge in [-0.25, -0.2) is 9.37 Å². The maximum Gasteiger partial charge on any atom is 0.573 e. The Morgan fingerprint density at radius 3 is 2.40 bits per heavy atom. The average molecular weight is 592 g/mol. The van der Waals surface area contributed by atoms with Gasteiger partial charge in [0.15, 0.2) is 0 Å². The van der Waals surface area contributed by atoms with Gasteiger partial charge >= 0.3 is 6.36 Å². The van der Waals surface area contributed by atoms with Crippen LogP contribution in [-0.2, 0) is 4.74 Å². The fraction of sp³-hybridized carbons (Fsp3) is 0.281. The van der Waals surface area contributed by atoms with Crippen LogP contribution in [0.2, 0.25) is 0 Å². The number of fused-ring (bicyclic) bond motifs is 2. The van der Waals surface area contributed by atoms with Gasteiger partial charge in [-0.1, -0.05) is 0 Å². The van der Waals surface area contributed by atoms with Gasteiger partial charge in [-0.3, -0.25) is 9.98 Å². The highest BCUT2D eigenvalue weighted by atomic mass is 19.4. The molecule has 0 atom stereocenters. The molecule has 6 rings (SSSR count). The molecule has 3 aromatic rings. The number of rotatable bonds is 6. The standard InChI is InChI=1S/C32H29F4N5O2/c1-19-3-5-22(18-37-19)39-26-16-29-31(17-27(26)38-21-6-10-24(42-2)11-7-21)41(30-14-4-20(33)15-28(30)40-29)23-8-12-25(13-9-23)43-32(34,35)36/h3-5,8-9,12-18,21,24,39H,6-7,10-11H2,1-2H3. The van der Waals surface area contributed by atoms with E-state index >= 15 is 0 Å². The van der Waals surface area contributed by atoms with Crippen molar-refractivity contribution in [3.63, 3.8) is 0 Å². The first kappa shape index (κ1) is 28.6. The fourth-order valence-corrected chi connectivity index (χ4v) is 5.46. The largest absolute Gasteiger partial charge is 0.573 e. The van der Waals surface area contributed by atoms with E-state index in [1.165, 1.54) is 36.4 Å². The molecule has 43 heavy (non-hydrogen) atoms. The first-order chi connectivity index (χ1) is 20.6. The molecule has 2 aromatic carbocycles. The van der Waals surface area contributed by atoms with Crippen LogP contribution in [0.4, 0.5) is 28.9 Å². The highest BCUT2D eigenvalue weighted by Crippen LogP contribution is 2.32. The van der Waals surface area contributed by atoms with Crippen molar-refractivity contribution in [1.82, 2.24) is 14.5 Å². The maximum atomic E-state index is 14.3. The Labute approximate surface area is 245 Å². The topological polar surface area (TPSA) is 73.6 Å². The number of ether oxygens (including phenoxy) is 2. The van der Waals surface area contributed by atoms with Crippen molar-refractivity contribution in [2.75, 3.05) is 12.4 Å². The van der Waals surface area contributed by atoms with Gasteiger partial charge in [-0.05, 0) is 93.3 Å². The smallest absolute Gasteiger partial charge is 0.406 e. The molecule has 3 aliphatic rings. The van der Waals surface area contributed by atoms with Gasteiger partial charge < -0.3 is 19.4 Å². The molecule has 7 nitrogen and oxygen atoms in total. The third kappa shape index (κ3) is 6.46.